The summed E-state index contributed by atoms with van der Waals surface area (Å²) in [7, 11) is 0. The third-order valence-electron chi connectivity index (χ3n) is 1.62. The fourth-order valence-corrected chi connectivity index (χ4v) is 1.04. The van der Waals surface area contributed by atoms with Gasteiger partial charge in [0, 0.05) is 13.1 Å². The van der Waals surface area contributed by atoms with Crippen molar-refractivity contribution in [3.8, 4) is 0 Å². The predicted molar refractivity (Wildman–Crippen MR) is 47.4 cm³/mol. The minimum absolute atomic E-state index is 0.272. The number of rotatable bonds is 4. The van der Waals surface area contributed by atoms with Gasteiger partial charge in [0.1, 0.15) is 5.88 Å². The molecule has 1 aromatic rings. The van der Waals surface area contributed by atoms with E-state index in [1.54, 1.807) is 0 Å². The molecule has 0 radical (unpaired) electrons. The lowest BCUT2D eigenvalue weighted by Crippen LogP contribution is -2.22. The molecule has 68 valence electrons. The molecule has 0 saturated carbocycles. The van der Waals surface area contributed by atoms with E-state index in [0.29, 0.717) is 11.8 Å². The molecular formula is C7H12ClN3O. The molecule has 1 rings (SSSR count). The zero-order valence-corrected chi connectivity index (χ0v) is 8.01. The first-order chi connectivity index (χ1) is 5.81. The third-order valence-corrected chi connectivity index (χ3v) is 1.85. The highest BCUT2D eigenvalue weighted by Gasteiger charge is 2.09. The minimum atomic E-state index is 0.272. The van der Waals surface area contributed by atoms with Crippen LogP contribution in [0.4, 0.5) is 5.95 Å². The Morgan fingerprint density at radius 3 is 2.50 bits per heavy atom. The average Bonchev–Trinajstić information content (AvgIpc) is 2.55. The van der Waals surface area contributed by atoms with Crippen LogP contribution in [-0.4, -0.2) is 23.2 Å². The monoisotopic (exact) mass is 189 g/mol. The van der Waals surface area contributed by atoms with Gasteiger partial charge in [-0.3, -0.25) is 0 Å². The van der Waals surface area contributed by atoms with Crippen molar-refractivity contribution in [1.82, 2.24) is 10.1 Å². The van der Waals surface area contributed by atoms with E-state index in [0.717, 1.165) is 13.1 Å². The molecule has 0 aliphatic heterocycles. The van der Waals surface area contributed by atoms with E-state index in [9.17, 15) is 0 Å². The number of aromatic nitrogens is 2. The Kier molecular flexibility index (Phi) is 3.34. The molecular weight excluding hydrogens is 178 g/mol. The topological polar surface area (TPSA) is 42.2 Å². The second kappa shape index (κ2) is 4.30. The van der Waals surface area contributed by atoms with Crippen molar-refractivity contribution < 1.29 is 4.52 Å². The summed E-state index contributed by atoms with van der Waals surface area (Å²) < 4.78 is 4.86. The highest BCUT2D eigenvalue weighted by Crippen LogP contribution is 2.09. The van der Waals surface area contributed by atoms with Crippen molar-refractivity contribution in [2.45, 2.75) is 19.7 Å². The van der Waals surface area contributed by atoms with Crippen molar-refractivity contribution in [3.63, 3.8) is 0 Å². The number of alkyl halides is 1. The Balaban J connectivity index is 2.72. The summed E-state index contributed by atoms with van der Waals surface area (Å²) >= 11 is 5.52. The highest BCUT2D eigenvalue weighted by molar-refractivity contribution is 6.16. The summed E-state index contributed by atoms with van der Waals surface area (Å²) in [5, 5.41) is 3.78. The van der Waals surface area contributed by atoms with Crippen LogP contribution in [0.2, 0.25) is 0 Å². The third kappa shape index (κ3) is 1.88. The van der Waals surface area contributed by atoms with Crippen molar-refractivity contribution >= 4 is 17.5 Å². The van der Waals surface area contributed by atoms with Crippen LogP contribution in [0.1, 0.15) is 19.7 Å². The van der Waals surface area contributed by atoms with Crippen LogP contribution < -0.4 is 4.90 Å². The van der Waals surface area contributed by atoms with Gasteiger partial charge in [-0.1, -0.05) is 0 Å². The summed E-state index contributed by atoms with van der Waals surface area (Å²) in [6.07, 6.45) is 0. The molecule has 1 heterocycles. The number of nitrogens with zero attached hydrogens (tertiary/aromatic N) is 3. The van der Waals surface area contributed by atoms with Gasteiger partial charge >= 0.3 is 0 Å². The lowest BCUT2D eigenvalue weighted by molar-refractivity contribution is 0.389. The van der Waals surface area contributed by atoms with Gasteiger partial charge in [0.25, 0.3) is 5.95 Å². The van der Waals surface area contributed by atoms with Crippen LogP contribution in [-0.2, 0) is 5.88 Å². The smallest absolute Gasteiger partial charge is 0.266 e. The minimum Gasteiger partial charge on any atom is -0.339 e. The maximum absolute atomic E-state index is 5.52. The van der Waals surface area contributed by atoms with E-state index in [-0.39, 0.29) is 5.88 Å². The van der Waals surface area contributed by atoms with Gasteiger partial charge in [-0.25, -0.2) is 0 Å². The molecule has 0 atom stereocenters. The summed E-state index contributed by atoms with van der Waals surface area (Å²) in [5.41, 5.74) is 0. The molecule has 0 aliphatic carbocycles. The second-order valence-corrected chi connectivity index (χ2v) is 2.56. The van der Waals surface area contributed by atoms with Gasteiger partial charge in [0.05, 0.1) is 0 Å². The lowest BCUT2D eigenvalue weighted by Gasteiger charge is -2.14. The molecule has 0 spiro atoms. The highest BCUT2D eigenvalue weighted by atomic mass is 35.5. The van der Waals surface area contributed by atoms with E-state index in [1.165, 1.54) is 0 Å². The first kappa shape index (κ1) is 9.32. The maximum atomic E-state index is 5.52. The van der Waals surface area contributed by atoms with Gasteiger partial charge in [0.2, 0.25) is 5.89 Å². The van der Waals surface area contributed by atoms with E-state index in [1.807, 2.05) is 18.7 Å². The summed E-state index contributed by atoms with van der Waals surface area (Å²) in [5.74, 6) is 1.36. The first-order valence-corrected chi connectivity index (χ1v) is 4.48. The molecule has 0 unspecified atom stereocenters. The summed E-state index contributed by atoms with van der Waals surface area (Å²) in [6.45, 7) is 5.83. The predicted octanol–water partition coefficient (Wildman–Crippen LogP) is 1.65. The Morgan fingerprint density at radius 2 is 2.08 bits per heavy atom. The zero-order valence-electron chi connectivity index (χ0n) is 7.25. The van der Waals surface area contributed by atoms with Gasteiger partial charge in [-0.05, 0) is 19.0 Å². The molecule has 0 aliphatic rings. The number of halogens is 1. The molecule has 0 fully saturated rings. The van der Waals surface area contributed by atoms with Crippen LogP contribution in [0.25, 0.3) is 0 Å². The van der Waals surface area contributed by atoms with Gasteiger partial charge in [-0.2, -0.15) is 4.98 Å². The standard InChI is InChI=1S/C7H12ClN3O/c1-3-11(4-2)7-9-6(5-8)12-10-7/h3-5H2,1-2H3. The van der Waals surface area contributed by atoms with Crippen LogP contribution in [0.3, 0.4) is 0 Å². The van der Waals surface area contributed by atoms with Crippen LogP contribution in [0.15, 0.2) is 4.52 Å². The van der Waals surface area contributed by atoms with Gasteiger partial charge < -0.3 is 9.42 Å². The van der Waals surface area contributed by atoms with Crippen LogP contribution in [0.5, 0.6) is 0 Å². The van der Waals surface area contributed by atoms with Crippen LogP contribution in [0, 0.1) is 0 Å². The largest absolute Gasteiger partial charge is 0.339 e. The summed E-state index contributed by atoms with van der Waals surface area (Å²) in [4.78, 5) is 6.09. The van der Waals surface area contributed by atoms with Gasteiger partial charge in [-0.15, -0.1) is 11.6 Å². The summed E-state index contributed by atoms with van der Waals surface area (Å²) in [6, 6.07) is 0. The Hall–Kier alpha value is -0.770. The molecule has 4 nitrogen and oxygen atoms in total. The zero-order chi connectivity index (χ0) is 8.97. The number of hydrogen-bond donors (Lipinski definition) is 0. The lowest BCUT2D eigenvalue weighted by atomic mass is 10.5. The average molecular weight is 190 g/mol. The number of hydrogen-bond acceptors (Lipinski definition) is 4. The Labute approximate surface area is 76.5 Å². The quantitative estimate of drug-likeness (QED) is 0.676. The van der Waals surface area contributed by atoms with E-state index in [2.05, 4.69) is 10.1 Å². The van der Waals surface area contributed by atoms with Crippen molar-refractivity contribution in [3.05, 3.63) is 5.89 Å². The molecule has 1 aromatic heterocycles. The fraction of sp³-hybridized carbons (Fsp3) is 0.714. The second-order valence-electron chi connectivity index (χ2n) is 2.29. The number of anilines is 1. The van der Waals surface area contributed by atoms with Crippen molar-refractivity contribution in [2.75, 3.05) is 18.0 Å². The van der Waals surface area contributed by atoms with E-state index in [4.69, 9.17) is 16.1 Å². The molecule has 0 amide bonds. The molecule has 0 N–H and O–H groups in total. The molecule has 12 heavy (non-hydrogen) atoms. The fourth-order valence-electron chi connectivity index (χ4n) is 0.935. The molecule has 0 bridgehead atoms. The molecule has 0 aromatic carbocycles. The van der Waals surface area contributed by atoms with Crippen LogP contribution >= 0.6 is 11.6 Å². The maximum Gasteiger partial charge on any atom is 0.266 e. The van der Waals surface area contributed by atoms with Crippen molar-refractivity contribution in [2.24, 2.45) is 0 Å². The SMILES string of the molecule is CCN(CC)c1noc(CCl)n1. The first-order valence-electron chi connectivity index (χ1n) is 3.95. The van der Waals surface area contributed by atoms with E-state index < -0.39 is 0 Å². The molecule has 0 saturated heterocycles. The molecule has 5 heteroatoms. The van der Waals surface area contributed by atoms with Gasteiger partial charge in [0.15, 0.2) is 0 Å². The van der Waals surface area contributed by atoms with Crippen molar-refractivity contribution in [1.29, 1.82) is 0 Å². The normalized spacial score (nSPS) is 10.2. The Bertz CT molecular complexity index is 234. The Morgan fingerprint density at radius 1 is 1.42 bits per heavy atom. The van der Waals surface area contributed by atoms with E-state index >= 15 is 0 Å².